The van der Waals surface area contributed by atoms with Crippen LogP contribution >= 0.6 is 11.6 Å². The van der Waals surface area contributed by atoms with Gasteiger partial charge in [0, 0.05) is 32.6 Å². The van der Waals surface area contributed by atoms with E-state index < -0.39 is 0 Å². The molecule has 5 heteroatoms. The molecule has 1 aliphatic heterocycles. The Morgan fingerprint density at radius 1 is 0.947 bits per heavy atom. The van der Waals surface area contributed by atoms with Crippen LogP contribution in [0.4, 0.5) is 0 Å². The second kappa shape index (κ2) is 7.13. The number of hydrogen-bond acceptors (Lipinski definition) is 2. The molecule has 0 unspecified atom stereocenters. The number of rotatable bonds is 4. The Bertz CT molecular complexity index is 321. The summed E-state index contributed by atoms with van der Waals surface area (Å²) in [5.74, 6) is 1.03. The van der Waals surface area contributed by atoms with E-state index in [0.29, 0.717) is 32.6 Å². The van der Waals surface area contributed by atoms with Crippen LogP contribution in [-0.4, -0.2) is 53.7 Å². The van der Waals surface area contributed by atoms with Gasteiger partial charge in [0.2, 0.25) is 11.8 Å². The predicted molar refractivity (Wildman–Crippen MR) is 75.1 cm³/mol. The van der Waals surface area contributed by atoms with Crippen molar-refractivity contribution in [1.29, 1.82) is 0 Å². The number of piperazine rings is 1. The van der Waals surface area contributed by atoms with E-state index >= 15 is 0 Å². The highest BCUT2D eigenvalue weighted by Gasteiger charge is 2.24. The summed E-state index contributed by atoms with van der Waals surface area (Å²) in [6.45, 7) is 2.57. The SMILES string of the molecule is O=C(CCl)N1CCN(C(=O)CCC2CCCC2)CC1. The number of carbonyl (C=O) groups is 2. The fourth-order valence-corrected chi connectivity index (χ4v) is 3.24. The van der Waals surface area contributed by atoms with Gasteiger partial charge in [-0.1, -0.05) is 25.7 Å². The molecule has 2 rings (SSSR count). The van der Waals surface area contributed by atoms with E-state index in [9.17, 15) is 9.59 Å². The van der Waals surface area contributed by atoms with Gasteiger partial charge < -0.3 is 9.80 Å². The van der Waals surface area contributed by atoms with Crippen molar-refractivity contribution in [3.8, 4) is 0 Å². The third-order valence-corrected chi connectivity index (χ3v) is 4.57. The number of carbonyl (C=O) groups excluding carboxylic acids is 2. The second-order valence-corrected chi connectivity index (χ2v) is 5.85. The minimum Gasteiger partial charge on any atom is -0.339 e. The molecular weight excluding hydrogens is 264 g/mol. The topological polar surface area (TPSA) is 40.6 Å². The zero-order chi connectivity index (χ0) is 13.7. The quantitative estimate of drug-likeness (QED) is 0.740. The van der Waals surface area contributed by atoms with Crippen LogP contribution in [0, 0.1) is 5.92 Å². The molecule has 2 aliphatic rings. The van der Waals surface area contributed by atoms with Crippen LogP contribution in [0.2, 0.25) is 0 Å². The van der Waals surface area contributed by atoms with Crippen molar-refractivity contribution in [2.24, 2.45) is 5.92 Å². The summed E-state index contributed by atoms with van der Waals surface area (Å²) >= 11 is 5.53. The summed E-state index contributed by atoms with van der Waals surface area (Å²) < 4.78 is 0. The fraction of sp³-hybridized carbons (Fsp3) is 0.857. The Morgan fingerprint density at radius 2 is 1.47 bits per heavy atom. The molecule has 2 fully saturated rings. The van der Waals surface area contributed by atoms with Gasteiger partial charge in [0.25, 0.3) is 0 Å². The number of alkyl halides is 1. The van der Waals surface area contributed by atoms with E-state index in [1.165, 1.54) is 25.7 Å². The molecule has 1 saturated carbocycles. The van der Waals surface area contributed by atoms with Gasteiger partial charge in [-0.25, -0.2) is 0 Å². The van der Waals surface area contributed by atoms with E-state index in [0.717, 1.165) is 12.3 Å². The lowest BCUT2D eigenvalue weighted by Gasteiger charge is -2.34. The van der Waals surface area contributed by atoms with Crippen molar-refractivity contribution in [2.45, 2.75) is 38.5 Å². The first-order chi connectivity index (χ1) is 9.20. The number of amides is 2. The van der Waals surface area contributed by atoms with E-state index in [-0.39, 0.29) is 17.7 Å². The Balaban J connectivity index is 1.68. The summed E-state index contributed by atoms with van der Waals surface area (Å²) in [7, 11) is 0. The molecule has 4 nitrogen and oxygen atoms in total. The summed E-state index contributed by atoms with van der Waals surface area (Å²) in [6, 6.07) is 0. The Kier molecular flexibility index (Phi) is 5.49. The lowest BCUT2D eigenvalue weighted by Crippen LogP contribution is -2.51. The number of nitrogens with zero attached hydrogens (tertiary/aromatic N) is 2. The zero-order valence-corrected chi connectivity index (χ0v) is 12.2. The van der Waals surface area contributed by atoms with Crippen molar-refractivity contribution in [3.05, 3.63) is 0 Å². The number of hydrogen-bond donors (Lipinski definition) is 0. The average Bonchev–Trinajstić information content (AvgIpc) is 2.97. The minimum atomic E-state index is -0.0280. The maximum atomic E-state index is 12.1. The largest absolute Gasteiger partial charge is 0.339 e. The highest BCUT2D eigenvalue weighted by molar-refractivity contribution is 6.27. The maximum Gasteiger partial charge on any atom is 0.237 e. The van der Waals surface area contributed by atoms with Crippen LogP contribution in [-0.2, 0) is 9.59 Å². The van der Waals surface area contributed by atoms with Gasteiger partial charge in [0.15, 0.2) is 0 Å². The third-order valence-electron chi connectivity index (χ3n) is 4.34. The molecule has 0 atom stereocenters. The van der Waals surface area contributed by atoms with E-state index in [1.54, 1.807) is 4.90 Å². The minimum absolute atomic E-state index is 0.0280. The highest BCUT2D eigenvalue weighted by Crippen LogP contribution is 2.28. The first-order valence-corrected chi connectivity index (χ1v) is 7.85. The second-order valence-electron chi connectivity index (χ2n) is 5.58. The molecule has 0 aromatic rings. The van der Waals surface area contributed by atoms with Gasteiger partial charge in [-0.2, -0.15) is 0 Å². The molecule has 108 valence electrons. The van der Waals surface area contributed by atoms with Crippen LogP contribution in [0.15, 0.2) is 0 Å². The summed E-state index contributed by atoms with van der Waals surface area (Å²) in [6.07, 6.45) is 6.97. The molecular formula is C14H23ClN2O2. The lowest BCUT2D eigenvalue weighted by molar-refractivity contribution is -0.138. The van der Waals surface area contributed by atoms with Crippen LogP contribution in [0.1, 0.15) is 38.5 Å². The van der Waals surface area contributed by atoms with E-state index in [2.05, 4.69) is 0 Å². The van der Waals surface area contributed by atoms with Gasteiger partial charge in [0.1, 0.15) is 5.88 Å². The summed E-state index contributed by atoms with van der Waals surface area (Å²) in [4.78, 5) is 27.2. The van der Waals surface area contributed by atoms with E-state index in [4.69, 9.17) is 11.6 Å². The fourth-order valence-electron chi connectivity index (χ4n) is 3.07. The van der Waals surface area contributed by atoms with Crippen molar-refractivity contribution in [3.63, 3.8) is 0 Å². The van der Waals surface area contributed by atoms with Crippen LogP contribution in [0.5, 0.6) is 0 Å². The third kappa shape index (κ3) is 4.10. The Hall–Kier alpha value is -0.770. The Labute approximate surface area is 120 Å². The molecule has 0 aromatic carbocycles. The van der Waals surface area contributed by atoms with Crippen LogP contribution < -0.4 is 0 Å². The number of halogens is 1. The molecule has 0 N–H and O–H groups in total. The zero-order valence-electron chi connectivity index (χ0n) is 11.4. The molecule has 0 spiro atoms. The van der Waals surface area contributed by atoms with Crippen LogP contribution in [0.3, 0.4) is 0 Å². The molecule has 1 heterocycles. The monoisotopic (exact) mass is 286 g/mol. The van der Waals surface area contributed by atoms with Gasteiger partial charge in [0.05, 0.1) is 0 Å². The molecule has 2 amide bonds. The standard InChI is InChI=1S/C14H23ClN2O2/c15-11-14(19)17-9-7-16(8-10-17)13(18)6-5-12-3-1-2-4-12/h12H,1-11H2. The van der Waals surface area contributed by atoms with Gasteiger partial charge in [-0.05, 0) is 12.3 Å². The molecule has 19 heavy (non-hydrogen) atoms. The van der Waals surface area contributed by atoms with Crippen molar-refractivity contribution >= 4 is 23.4 Å². The first-order valence-electron chi connectivity index (χ1n) is 7.32. The molecule has 1 aliphatic carbocycles. The lowest BCUT2D eigenvalue weighted by atomic mass is 10.0. The highest BCUT2D eigenvalue weighted by atomic mass is 35.5. The molecule has 0 aromatic heterocycles. The molecule has 0 radical (unpaired) electrons. The predicted octanol–water partition coefficient (Wildman–Crippen LogP) is 1.87. The first kappa shape index (κ1) is 14.6. The van der Waals surface area contributed by atoms with Gasteiger partial charge in [-0.15, -0.1) is 11.6 Å². The van der Waals surface area contributed by atoms with Crippen molar-refractivity contribution in [1.82, 2.24) is 9.80 Å². The van der Waals surface area contributed by atoms with Crippen molar-refractivity contribution in [2.75, 3.05) is 32.1 Å². The molecule has 1 saturated heterocycles. The average molecular weight is 287 g/mol. The summed E-state index contributed by atoms with van der Waals surface area (Å²) in [5, 5.41) is 0. The molecule has 0 bridgehead atoms. The van der Waals surface area contributed by atoms with Gasteiger partial charge >= 0.3 is 0 Å². The normalized spacial score (nSPS) is 20.9. The Morgan fingerprint density at radius 3 is 2.00 bits per heavy atom. The maximum absolute atomic E-state index is 12.1. The van der Waals surface area contributed by atoms with Gasteiger partial charge in [-0.3, -0.25) is 9.59 Å². The summed E-state index contributed by atoms with van der Waals surface area (Å²) in [5.41, 5.74) is 0. The smallest absolute Gasteiger partial charge is 0.237 e. The van der Waals surface area contributed by atoms with Crippen LogP contribution in [0.25, 0.3) is 0 Å². The van der Waals surface area contributed by atoms with E-state index in [1.807, 2.05) is 4.90 Å². The van der Waals surface area contributed by atoms with Crippen molar-refractivity contribution < 1.29 is 9.59 Å².